The third-order valence-electron chi connectivity index (χ3n) is 6.26. The van der Waals surface area contributed by atoms with Crippen LogP contribution in [-0.2, 0) is 6.54 Å². The van der Waals surface area contributed by atoms with E-state index in [9.17, 15) is 18.0 Å². The summed E-state index contributed by atoms with van der Waals surface area (Å²) in [7, 11) is 1.43. The van der Waals surface area contributed by atoms with Crippen LogP contribution in [0.1, 0.15) is 50.0 Å². The molecule has 1 N–H and O–H groups in total. The van der Waals surface area contributed by atoms with Gasteiger partial charge in [0.1, 0.15) is 23.4 Å². The highest BCUT2D eigenvalue weighted by molar-refractivity contribution is 7.99. The predicted molar refractivity (Wildman–Crippen MR) is 140 cm³/mol. The zero-order chi connectivity index (χ0) is 27.7. The fourth-order valence-electron chi connectivity index (χ4n) is 4.10. The van der Waals surface area contributed by atoms with Crippen LogP contribution in [0.5, 0.6) is 5.88 Å². The van der Waals surface area contributed by atoms with E-state index in [1.54, 1.807) is 24.0 Å². The van der Waals surface area contributed by atoms with Crippen molar-refractivity contribution in [2.45, 2.75) is 56.3 Å². The number of nitrogens with one attached hydrogen (secondary N) is 1. The molecule has 1 atom stereocenters. The summed E-state index contributed by atoms with van der Waals surface area (Å²) < 4.78 is 47.8. The smallest absolute Gasteiger partial charge is 0.409 e. The van der Waals surface area contributed by atoms with Gasteiger partial charge in [0.25, 0.3) is 5.56 Å². The van der Waals surface area contributed by atoms with Crippen molar-refractivity contribution in [2.75, 3.05) is 18.2 Å². The fourth-order valence-corrected chi connectivity index (χ4v) is 4.72. The Morgan fingerprint density at radius 3 is 2.59 bits per heavy atom. The number of nitrogens with zero attached hydrogens (tertiary/aromatic N) is 7. The second-order valence-electron chi connectivity index (χ2n) is 8.94. The van der Waals surface area contributed by atoms with Gasteiger partial charge in [0.15, 0.2) is 17.3 Å². The van der Waals surface area contributed by atoms with Crippen LogP contribution in [0.15, 0.2) is 40.5 Å². The van der Waals surface area contributed by atoms with E-state index in [1.807, 2.05) is 13.0 Å². The maximum absolute atomic E-state index is 14.0. The van der Waals surface area contributed by atoms with E-state index in [4.69, 9.17) is 4.74 Å². The van der Waals surface area contributed by atoms with Gasteiger partial charge in [0.05, 0.1) is 31.2 Å². The molecule has 4 aromatic heterocycles. The number of rotatable bonds is 9. The van der Waals surface area contributed by atoms with E-state index in [-0.39, 0.29) is 41.1 Å². The Labute approximate surface area is 225 Å². The molecule has 204 valence electrons. The van der Waals surface area contributed by atoms with Crippen molar-refractivity contribution < 1.29 is 17.9 Å². The van der Waals surface area contributed by atoms with Gasteiger partial charge >= 0.3 is 6.18 Å². The lowest BCUT2D eigenvalue weighted by atomic mass is 10.1. The van der Waals surface area contributed by atoms with Crippen molar-refractivity contribution in [2.24, 2.45) is 0 Å². The maximum atomic E-state index is 14.0. The number of hydrogen-bond acceptors (Lipinski definition) is 10. The van der Waals surface area contributed by atoms with E-state index >= 15 is 0 Å². The van der Waals surface area contributed by atoms with Crippen LogP contribution in [0.2, 0.25) is 0 Å². The zero-order valence-electron chi connectivity index (χ0n) is 21.4. The molecule has 14 heteroatoms. The fraction of sp³-hybridized carbons (Fsp3) is 0.400. The molecule has 0 amide bonds. The number of aromatic nitrogens is 7. The first-order chi connectivity index (χ1) is 18.7. The van der Waals surface area contributed by atoms with Gasteiger partial charge in [0, 0.05) is 17.0 Å². The molecule has 5 rings (SSSR count). The molecular weight excluding hydrogens is 533 g/mol. The lowest BCUT2D eigenvalue weighted by Crippen LogP contribution is -2.35. The Balaban J connectivity index is 1.60. The Kier molecular flexibility index (Phi) is 7.38. The minimum Gasteiger partial charge on any atom is -0.480 e. The Morgan fingerprint density at radius 2 is 1.95 bits per heavy atom. The summed E-state index contributed by atoms with van der Waals surface area (Å²) in [4.78, 5) is 40.2. The van der Waals surface area contributed by atoms with Gasteiger partial charge in [-0.05, 0) is 37.7 Å². The summed E-state index contributed by atoms with van der Waals surface area (Å²) in [5.41, 5.74) is 0.439. The molecular formula is C25H25F3N8O2S. The van der Waals surface area contributed by atoms with Crippen molar-refractivity contribution in [3.63, 3.8) is 0 Å². The van der Waals surface area contributed by atoms with E-state index in [0.29, 0.717) is 21.5 Å². The minimum absolute atomic E-state index is 0.0170. The molecule has 0 aromatic carbocycles. The average molecular weight is 559 g/mol. The number of alkyl halides is 3. The number of anilines is 1. The summed E-state index contributed by atoms with van der Waals surface area (Å²) in [6, 6.07) is 1.49. The van der Waals surface area contributed by atoms with Crippen LogP contribution in [0.4, 0.5) is 19.0 Å². The molecule has 1 aliphatic carbocycles. The van der Waals surface area contributed by atoms with Gasteiger partial charge < -0.3 is 10.1 Å². The quantitative estimate of drug-likeness (QED) is 0.288. The van der Waals surface area contributed by atoms with Gasteiger partial charge in [-0.1, -0.05) is 6.92 Å². The number of fused-ring (bicyclic) bond motifs is 1. The minimum atomic E-state index is -4.72. The third kappa shape index (κ3) is 5.51. The molecule has 10 nitrogen and oxygen atoms in total. The van der Waals surface area contributed by atoms with Gasteiger partial charge in [-0.2, -0.15) is 13.2 Å². The Hall–Kier alpha value is -3.81. The summed E-state index contributed by atoms with van der Waals surface area (Å²) in [6.07, 6.45) is 1.45. The van der Waals surface area contributed by atoms with Crippen LogP contribution < -0.4 is 15.6 Å². The summed E-state index contributed by atoms with van der Waals surface area (Å²) in [5, 5.41) is 2.84. The van der Waals surface area contributed by atoms with Crippen molar-refractivity contribution >= 4 is 28.7 Å². The summed E-state index contributed by atoms with van der Waals surface area (Å²) in [6.45, 7) is 3.02. The van der Waals surface area contributed by atoms with Crippen LogP contribution >= 0.6 is 11.8 Å². The normalized spacial score (nSPS) is 14.4. The Morgan fingerprint density at radius 1 is 1.15 bits per heavy atom. The predicted octanol–water partition coefficient (Wildman–Crippen LogP) is 4.77. The first-order valence-corrected chi connectivity index (χ1v) is 13.3. The number of thioether (sulfide) groups is 1. The van der Waals surface area contributed by atoms with Crippen LogP contribution in [0.25, 0.3) is 22.6 Å². The molecule has 0 radical (unpaired) electrons. The Bertz CT molecular complexity index is 1560. The number of ether oxygens (including phenoxy) is 1. The number of halogens is 3. The molecule has 1 unspecified atom stereocenters. The summed E-state index contributed by atoms with van der Waals surface area (Å²) >= 11 is 1.63. The number of pyridine rings is 1. The van der Waals surface area contributed by atoms with E-state index < -0.39 is 17.8 Å². The third-order valence-corrected chi connectivity index (χ3v) is 7.12. The largest absolute Gasteiger partial charge is 0.480 e. The summed E-state index contributed by atoms with van der Waals surface area (Å²) in [5.74, 6) is 1.04. The van der Waals surface area contributed by atoms with Gasteiger partial charge in [-0.3, -0.25) is 14.3 Å². The monoisotopic (exact) mass is 558 g/mol. The van der Waals surface area contributed by atoms with Crippen LogP contribution in [0.3, 0.4) is 0 Å². The van der Waals surface area contributed by atoms with Crippen molar-refractivity contribution in [1.29, 1.82) is 0 Å². The highest BCUT2D eigenvalue weighted by atomic mass is 32.2. The molecule has 0 saturated heterocycles. The van der Waals surface area contributed by atoms with E-state index in [2.05, 4.69) is 35.2 Å². The first-order valence-electron chi connectivity index (χ1n) is 12.3. The maximum Gasteiger partial charge on any atom is 0.409 e. The average Bonchev–Trinajstić information content (AvgIpc) is 3.77. The molecule has 0 spiro atoms. The van der Waals surface area contributed by atoms with E-state index in [0.717, 1.165) is 30.4 Å². The van der Waals surface area contributed by atoms with Gasteiger partial charge in [-0.25, -0.2) is 24.9 Å². The SMILES string of the molecule is CCSc1ccc(CNc2nc3cnc(-c4c(OC)ncnc4C4CC4)nc3n(C(C)C(F)(F)F)c2=O)nc1. The lowest BCUT2D eigenvalue weighted by molar-refractivity contribution is -0.162. The zero-order valence-corrected chi connectivity index (χ0v) is 22.2. The molecule has 1 saturated carbocycles. The topological polar surface area (TPSA) is 121 Å². The molecule has 0 aliphatic heterocycles. The molecule has 4 aromatic rings. The highest BCUT2D eigenvalue weighted by Crippen LogP contribution is 2.45. The highest BCUT2D eigenvalue weighted by Gasteiger charge is 2.40. The number of methoxy groups -OCH3 is 1. The molecule has 1 fully saturated rings. The first kappa shape index (κ1) is 26.8. The lowest BCUT2D eigenvalue weighted by Gasteiger charge is -2.21. The van der Waals surface area contributed by atoms with Gasteiger partial charge in [-0.15, -0.1) is 11.8 Å². The number of hydrogen-bond donors (Lipinski definition) is 1. The second kappa shape index (κ2) is 10.8. The molecule has 4 heterocycles. The van der Waals surface area contributed by atoms with Gasteiger partial charge in [0.2, 0.25) is 5.88 Å². The van der Waals surface area contributed by atoms with Crippen molar-refractivity contribution in [3.05, 3.63) is 52.6 Å². The van der Waals surface area contributed by atoms with Crippen LogP contribution in [0, 0.1) is 0 Å². The van der Waals surface area contributed by atoms with Crippen molar-refractivity contribution in [1.82, 2.24) is 34.5 Å². The second-order valence-corrected chi connectivity index (χ2v) is 10.3. The molecule has 39 heavy (non-hydrogen) atoms. The van der Waals surface area contributed by atoms with Crippen molar-refractivity contribution in [3.8, 4) is 17.3 Å². The van der Waals surface area contributed by atoms with E-state index in [1.165, 1.54) is 19.6 Å². The molecule has 0 bridgehead atoms. The van der Waals surface area contributed by atoms with Crippen LogP contribution in [-0.4, -0.2) is 53.5 Å². The molecule has 1 aliphatic rings. The standard InChI is InChI=1S/C25H25F3N8O2S/c1-4-39-16-8-7-15(29-10-16)9-30-21-24(37)36(13(2)25(26,27)28)22-17(34-21)11-31-20(35-22)18-19(14-5-6-14)32-12-33-23(18)38-3/h7-8,10-14H,4-6,9H2,1-3H3,(H,30,34).